The molecule has 0 atom stereocenters. The Hall–Kier alpha value is -3.27. The van der Waals surface area contributed by atoms with E-state index in [0.29, 0.717) is 19.8 Å². The van der Waals surface area contributed by atoms with Gasteiger partial charge in [-0.1, -0.05) is 36.4 Å². The first-order valence-electron chi connectivity index (χ1n) is 9.53. The van der Waals surface area contributed by atoms with Crippen molar-refractivity contribution in [2.24, 2.45) is 0 Å². The zero-order chi connectivity index (χ0) is 19.3. The van der Waals surface area contributed by atoms with E-state index in [4.69, 9.17) is 14.5 Å². The molecule has 142 valence electrons. The predicted octanol–water partition coefficient (Wildman–Crippen LogP) is 5.31. The summed E-state index contributed by atoms with van der Waals surface area (Å²) in [6, 6.07) is 24.2. The molecule has 4 aromatic rings. The highest BCUT2D eigenvalue weighted by atomic mass is 16.5. The minimum atomic E-state index is 0.419. The van der Waals surface area contributed by atoms with Crippen molar-refractivity contribution < 1.29 is 9.47 Å². The van der Waals surface area contributed by atoms with Crippen LogP contribution in [0.1, 0.15) is 17.0 Å². The molecule has 0 aliphatic carbocycles. The molecule has 28 heavy (non-hydrogen) atoms. The summed E-state index contributed by atoms with van der Waals surface area (Å²) >= 11 is 0. The van der Waals surface area contributed by atoms with Crippen LogP contribution in [0.25, 0.3) is 11.0 Å². The van der Waals surface area contributed by atoms with Gasteiger partial charge in [0.15, 0.2) is 0 Å². The second-order valence-corrected chi connectivity index (χ2v) is 6.86. The lowest BCUT2D eigenvalue weighted by atomic mass is 10.1. The van der Waals surface area contributed by atoms with Crippen LogP contribution in [0, 0.1) is 13.8 Å². The van der Waals surface area contributed by atoms with Crippen LogP contribution in [-0.2, 0) is 13.2 Å². The van der Waals surface area contributed by atoms with Gasteiger partial charge < -0.3 is 14.0 Å². The van der Waals surface area contributed by atoms with Gasteiger partial charge in [0.25, 0.3) is 0 Å². The lowest BCUT2D eigenvalue weighted by molar-refractivity contribution is 0.272. The summed E-state index contributed by atoms with van der Waals surface area (Å²) < 4.78 is 14.1. The number of fused-ring (bicyclic) bond motifs is 1. The molecule has 0 fully saturated rings. The molecule has 0 aliphatic heterocycles. The molecule has 0 unspecified atom stereocenters. The summed E-state index contributed by atoms with van der Waals surface area (Å²) in [6.45, 7) is 5.91. The Bertz CT molecular complexity index is 1070. The number of benzene rings is 3. The maximum atomic E-state index is 5.99. The highest BCUT2D eigenvalue weighted by Gasteiger charge is 2.11. The molecule has 4 heteroatoms. The van der Waals surface area contributed by atoms with E-state index in [1.165, 1.54) is 11.1 Å². The summed E-state index contributed by atoms with van der Waals surface area (Å²) in [5, 5.41) is 0. The molecule has 0 bridgehead atoms. The van der Waals surface area contributed by atoms with Gasteiger partial charge in [-0.25, -0.2) is 4.98 Å². The van der Waals surface area contributed by atoms with E-state index in [0.717, 1.165) is 28.4 Å². The van der Waals surface area contributed by atoms with Crippen molar-refractivity contribution in [1.29, 1.82) is 0 Å². The van der Waals surface area contributed by atoms with Gasteiger partial charge in [-0.2, -0.15) is 0 Å². The number of rotatable bonds is 7. The van der Waals surface area contributed by atoms with Gasteiger partial charge in [0.05, 0.1) is 17.6 Å². The van der Waals surface area contributed by atoms with Crippen molar-refractivity contribution >= 4 is 11.0 Å². The minimum Gasteiger partial charge on any atom is -0.492 e. The van der Waals surface area contributed by atoms with Crippen LogP contribution in [0.15, 0.2) is 72.8 Å². The summed E-state index contributed by atoms with van der Waals surface area (Å²) in [6.07, 6.45) is 0. The van der Waals surface area contributed by atoms with Crippen molar-refractivity contribution in [3.05, 3.63) is 89.7 Å². The van der Waals surface area contributed by atoms with E-state index in [9.17, 15) is 0 Å². The van der Waals surface area contributed by atoms with Crippen molar-refractivity contribution in [1.82, 2.24) is 9.55 Å². The molecule has 0 amide bonds. The Morgan fingerprint density at radius 2 is 1.57 bits per heavy atom. The maximum absolute atomic E-state index is 5.99. The molecule has 4 rings (SSSR count). The van der Waals surface area contributed by atoms with Crippen LogP contribution in [0.4, 0.5) is 0 Å². The first-order chi connectivity index (χ1) is 13.7. The quantitative estimate of drug-likeness (QED) is 0.441. The minimum absolute atomic E-state index is 0.419. The lowest BCUT2D eigenvalue weighted by Crippen LogP contribution is -2.13. The number of hydrogen-bond donors (Lipinski definition) is 0. The van der Waals surface area contributed by atoms with E-state index in [-0.39, 0.29) is 0 Å². The molecular weight excluding hydrogens is 348 g/mol. The molecule has 0 saturated heterocycles. The van der Waals surface area contributed by atoms with E-state index in [1.54, 1.807) is 0 Å². The lowest BCUT2D eigenvalue weighted by Gasteiger charge is -2.12. The van der Waals surface area contributed by atoms with Crippen LogP contribution >= 0.6 is 0 Å². The molecule has 3 aromatic carbocycles. The highest BCUT2D eigenvalue weighted by molar-refractivity contribution is 5.75. The summed E-state index contributed by atoms with van der Waals surface area (Å²) in [5.74, 6) is 2.64. The Balaban J connectivity index is 1.50. The van der Waals surface area contributed by atoms with Gasteiger partial charge in [0, 0.05) is 0 Å². The van der Waals surface area contributed by atoms with Gasteiger partial charge in [-0.15, -0.1) is 0 Å². The Morgan fingerprint density at radius 3 is 2.39 bits per heavy atom. The number of ether oxygens (including phenoxy) is 2. The number of imidazole rings is 1. The van der Waals surface area contributed by atoms with Crippen molar-refractivity contribution in [3.63, 3.8) is 0 Å². The monoisotopic (exact) mass is 372 g/mol. The fourth-order valence-corrected chi connectivity index (χ4v) is 3.21. The fraction of sp³-hybridized carbons (Fsp3) is 0.208. The summed E-state index contributed by atoms with van der Waals surface area (Å²) in [5.41, 5.74) is 4.58. The molecular formula is C24H24N2O2. The van der Waals surface area contributed by atoms with Crippen LogP contribution in [0.5, 0.6) is 11.5 Å². The molecule has 4 nitrogen and oxygen atoms in total. The third-order valence-corrected chi connectivity index (χ3v) is 4.91. The standard InChI is InChI=1S/C24H24N2O2/c1-18-12-13-21(16-19(18)2)27-15-14-26-23-11-7-6-10-22(23)25-24(26)17-28-20-8-4-3-5-9-20/h3-13,16H,14-15,17H2,1-2H3. The number of para-hydroxylation sites is 3. The van der Waals surface area contributed by atoms with Crippen molar-refractivity contribution in [2.45, 2.75) is 27.0 Å². The van der Waals surface area contributed by atoms with Crippen LogP contribution < -0.4 is 9.47 Å². The second kappa shape index (κ2) is 8.17. The number of hydrogen-bond acceptors (Lipinski definition) is 3. The molecule has 0 N–H and O–H groups in total. The van der Waals surface area contributed by atoms with Gasteiger partial charge >= 0.3 is 0 Å². The van der Waals surface area contributed by atoms with Crippen molar-refractivity contribution in [3.8, 4) is 11.5 Å². The largest absolute Gasteiger partial charge is 0.492 e. The maximum Gasteiger partial charge on any atom is 0.148 e. The fourth-order valence-electron chi connectivity index (χ4n) is 3.21. The SMILES string of the molecule is Cc1ccc(OCCn2c(COc3ccccc3)nc3ccccc32)cc1C. The third kappa shape index (κ3) is 4.01. The topological polar surface area (TPSA) is 36.3 Å². The molecule has 0 saturated carbocycles. The zero-order valence-electron chi connectivity index (χ0n) is 16.3. The Labute approximate surface area is 165 Å². The molecule has 0 spiro atoms. The van der Waals surface area contributed by atoms with E-state index in [1.807, 2.05) is 54.6 Å². The number of nitrogens with zero attached hydrogens (tertiary/aromatic N) is 2. The Kier molecular flexibility index (Phi) is 5.29. The summed E-state index contributed by atoms with van der Waals surface area (Å²) in [4.78, 5) is 4.76. The van der Waals surface area contributed by atoms with Crippen LogP contribution in [0.3, 0.4) is 0 Å². The number of aromatic nitrogens is 2. The van der Waals surface area contributed by atoms with Gasteiger partial charge in [-0.05, 0) is 61.4 Å². The number of aryl methyl sites for hydroxylation is 2. The highest BCUT2D eigenvalue weighted by Crippen LogP contribution is 2.20. The van der Waals surface area contributed by atoms with E-state index >= 15 is 0 Å². The van der Waals surface area contributed by atoms with E-state index in [2.05, 4.69) is 36.6 Å². The molecule has 0 radical (unpaired) electrons. The van der Waals surface area contributed by atoms with Gasteiger partial charge in [-0.3, -0.25) is 0 Å². The first-order valence-corrected chi connectivity index (χ1v) is 9.53. The Morgan fingerprint density at radius 1 is 0.786 bits per heavy atom. The normalized spacial score (nSPS) is 10.9. The smallest absolute Gasteiger partial charge is 0.148 e. The average molecular weight is 372 g/mol. The zero-order valence-corrected chi connectivity index (χ0v) is 16.3. The van der Waals surface area contributed by atoms with E-state index < -0.39 is 0 Å². The summed E-state index contributed by atoms with van der Waals surface area (Å²) in [7, 11) is 0. The first kappa shape index (κ1) is 18.1. The van der Waals surface area contributed by atoms with Crippen molar-refractivity contribution in [2.75, 3.05) is 6.61 Å². The van der Waals surface area contributed by atoms with Gasteiger partial charge in [0.2, 0.25) is 0 Å². The molecule has 1 heterocycles. The predicted molar refractivity (Wildman–Crippen MR) is 112 cm³/mol. The third-order valence-electron chi connectivity index (χ3n) is 4.91. The van der Waals surface area contributed by atoms with Crippen LogP contribution in [-0.4, -0.2) is 16.2 Å². The molecule has 0 aliphatic rings. The second-order valence-electron chi connectivity index (χ2n) is 6.86. The average Bonchev–Trinajstić information content (AvgIpc) is 3.07. The van der Waals surface area contributed by atoms with Gasteiger partial charge in [0.1, 0.15) is 30.5 Å². The van der Waals surface area contributed by atoms with Crippen LogP contribution in [0.2, 0.25) is 0 Å². The molecule has 1 aromatic heterocycles.